The number of halogens is 1. The number of aromatic hydroxyl groups is 1. The Kier molecular flexibility index (Phi) is 14.7. The molecular weight excluding hydrogens is 808 g/mol. The molecule has 322 valence electrons. The lowest BCUT2D eigenvalue weighted by molar-refractivity contribution is -0.164. The van der Waals surface area contributed by atoms with Gasteiger partial charge < -0.3 is 40.4 Å². The number of hydrogen-bond acceptors (Lipinski definition) is 10. The molecule has 7 rings (SSSR count). The summed E-state index contributed by atoms with van der Waals surface area (Å²) in [7, 11) is 0. The number of hydrogen-bond donors (Lipinski definition) is 6. The Hall–Kier alpha value is -6.02. The molecule has 13 heteroatoms. The summed E-state index contributed by atoms with van der Waals surface area (Å²) >= 11 is 6.51. The summed E-state index contributed by atoms with van der Waals surface area (Å²) in [5, 5.41) is 40.0. The van der Waals surface area contributed by atoms with Gasteiger partial charge in [-0.15, -0.1) is 0 Å². The average Bonchev–Trinajstić information content (AvgIpc) is 3.29. The third kappa shape index (κ3) is 10.9. The third-order valence-corrected chi connectivity index (χ3v) is 11.5. The Morgan fingerprint density at radius 2 is 1.61 bits per heavy atom. The van der Waals surface area contributed by atoms with Crippen LogP contribution in [0.1, 0.15) is 63.5 Å². The molecule has 1 aliphatic rings. The number of carbonyl (C=O) groups is 2. The molecule has 0 bridgehead atoms. The SMILES string of the molecule is O=C(NCCCOc1cccc([C@](O)(C(=O)OCC2CCN(Cc3ccccc3)CC2)c2ccccc2)c1)c1ccc(CNC[C@H](O)c2ccc(O)c3[nH]c(=O)ccc23)cc1Cl. The number of pyridine rings is 1. The van der Waals surface area contributed by atoms with Crippen LogP contribution in [0, 0.1) is 5.92 Å². The Morgan fingerprint density at radius 3 is 2.37 bits per heavy atom. The molecule has 0 spiro atoms. The van der Waals surface area contributed by atoms with Crippen molar-refractivity contribution in [3.63, 3.8) is 0 Å². The van der Waals surface area contributed by atoms with Gasteiger partial charge in [0.05, 0.1) is 35.4 Å². The Labute approximate surface area is 365 Å². The summed E-state index contributed by atoms with van der Waals surface area (Å²) in [6, 6.07) is 37.0. The van der Waals surface area contributed by atoms with E-state index in [2.05, 4.69) is 32.7 Å². The molecule has 1 saturated heterocycles. The summed E-state index contributed by atoms with van der Waals surface area (Å²) in [6.45, 7) is 4.04. The average molecular weight is 859 g/mol. The fraction of sp³-hybridized carbons (Fsp3) is 0.286. The number of nitrogens with zero attached hydrogens (tertiary/aromatic N) is 1. The van der Waals surface area contributed by atoms with E-state index in [9.17, 15) is 29.7 Å². The molecule has 62 heavy (non-hydrogen) atoms. The zero-order chi connectivity index (χ0) is 43.5. The van der Waals surface area contributed by atoms with Gasteiger partial charge in [-0.05, 0) is 96.9 Å². The number of phenolic OH excluding ortho intramolecular Hbond substituents is 1. The van der Waals surface area contributed by atoms with Gasteiger partial charge in [0.2, 0.25) is 11.2 Å². The van der Waals surface area contributed by atoms with E-state index in [1.54, 1.807) is 78.9 Å². The highest BCUT2D eigenvalue weighted by atomic mass is 35.5. The number of carbonyl (C=O) groups excluding carboxylic acids is 2. The first-order valence-corrected chi connectivity index (χ1v) is 21.2. The minimum atomic E-state index is -2.05. The first-order valence-electron chi connectivity index (χ1n) is 20.8. The van der Waals surface area contributed by atoms with Gasteiger partial charge in [-0.3, -0.25) is 14.5 Å². The molecule has 0 radical (unpaired) electrons. The van der Waals surface area contributed by atoms with Crippen molar-refractivity contribution in [2.45, 2.75) is 44.1 Å². The van der Waals surface area contributed by atoms with Crippen molar-refractivity contribution in [2.24, 2.45) is 5.92 Å². The number of rotatable bonds is 18. The Morgan fingerprint density at radius 1 is 0.871 bits per heavy atom. The summed E-state index contributed by atoms with van der Waals surface area (Å²) in [4.78, 5) is 43.6. The zero-order valence-corrected chi connectivity index (χ0v) is 35.0. The van der Waals surface area contributed by atoms with Crippen LogP contribution in [0.25, 0.3) is 10.9 Å². The van der Waals surface area contributed by atoms with Crippen LogP contribution in [-0.2, 0) is 28.2 Å². The zero-order valence-electron chi connectivity index (χ0n) is 34.3. The topological polar surface area (TPSA) is 173 Å². The molecule has 2 atom stereocenters. The predicted octanol–water partition coefficient (Wildman–Crippen LogP) is 6.60. The van der Waals surface area contributed by atoms with E-state index in [1.165, 1.54) is 17.7 Å². The molecular formula is C49H51ClN4O8. The first-order chi connectivity index (χ1) is 30.1. The summed E-state index contributed by atoms with van der Waals surface area (Å²) in [6.07, 6.45) is 1.34. The number of fused-ring (bicyclic) bond motifs is 1. The number of aliphatic hydroxyl groups excluding tert-OH is 1. The van der Waals surface area contributed by atoms with Crippen LogP contribution in [0.2, 0.25) is 5.02 Å². The van der Waals surface area contributed by atoms with Gasteiger partial charge in [-0.25, -0.2) is 4.79 Å². The Balaban J connectivity index is 0.869. The molecule has 0 saturated carbocycles. The second-order valence-electron chi connectivity index (χ2n) is 15.6. The number of aromatic amines is 1. The molecule has 0 unspecified atom stereocenters. The maximum absolute atomic E-state index is 13.8. The van der Waals surface area contributed by atoms with E-state index < -0.39 is 17.7 Å². The molecule has 1 amide bonds. The molecule has 1 aliphatic heterocycles. The highest BCUT2D eigenvalue weighted by Gasteiger charge is 2.42. The van der Waals surface area contributed by atoms with Gasteiger partial charge >= 0.3 is 5.97 Å². The maximum Gasteiger partial charge on any atom is 0.347 e. The van der Waals surface area contributed by atoms with E-state index >= 15 is 0 Å². The highest BCUT2D eigenvalue weighted by molar-refractivity contribution is 6.33. The third-order valence-electron chi connectivity index (χ3n) is 11.2. The fourth-order valence-corrected chi connectivity index (χ4v) is 8.06. The number of aliphatic hydroxyl groups is 2. The van der Waals surface area contributed by atoms with Crippen LogP contribution in [0.4, 0.5) is 0 Å². The van der Waals surface area contributed by atoms with Crippen molar-refractivity contribution in [3.05, 3.63) is 176 Å². The van der Waals surface area contributed by atoms with Crippen molar-refractivity contribution >= 4 is 34.4 Å². The van der Waals surface area contributed by atoms with Crippen LogP contribution < -0.4 is 20.9 Å². The standard InChI is InChI=1S/C49H51ClN4O8/c50-42-27-35(29-51-30-44(56)39-17-19-43(55)46-40(39)18-20-45(57)53-46)15-16-41(42)47(58)52-23-8-26-61-38-14-7-13-37(28-38)49(60,36-11-5-2-6-12-36)48(59)62-32-34-21-24-54(25-22-34)31-33-9-3-1-4-10-33/h1-7,9-20,27-28,34,44,51,55-56,60H,8,21-26,29-32H2,(H,52,58)(H,53,57)/t44-,49-/m0/s1. The minimum Gasteiger partial charge on any atom is -0.506 e. The molecule has 0 aliphatic carbocycles. The smallest absolute Gasteiger partial charge is 0.347 e. The van der Waals surface area contributed by atoms with Crippen molar-refractivity contribution in [1.29, 1.82) is 0 Å². The van der Waals surface area contributed by atoms with E-state index in [-0.39, 0.29) is 53.4 Å². The van der Waals surface area contributed by atoms with Crippen LogP contribution in [-0.4, -0.2) is 76.5 Å². The number of ether oxygens (including phenoxy) is 2. The molecule has 1 fully saturated rings. The molecule has 6 N–H and O–H groups in total. The molecule has 6 aromatic rings. The number of H-pyrrole nitrogens is 1. The normalized spacial score (nSPS) is 14.8. The monoisotopic (exact) mass is 858 g/mol. The number of piperidine rings is 1. The summed E-state index contributed by atoms with van der Waals surface area (Å²) in [5.41, 5.74) is 1.52. The van der Waals surface area contributed by atoms with E-state index in [0.717, 1.165) is 38.0 Å². The summed E-state index contributed by atoms with van der Waals surface area (Å²) < 4.78 is 11.9. The number of benzene rings is 5. The largest absolute Gasteiger partial charge is 0.506 e. The lowest BCUT2D eigenvalue weighted by Crippen LogP contribution is -2.40. The van der Waals surface area contributed by atoms with Gasteiger partial charge in [0.25, 0.3) is 5.91 Å². The number of phenols is 1. The van der Waals surface area contributed by atoms with Gasteiger partial charge in [0.15, 0.2) is 0 Å². The minimum absolute atomic E-state index is 0.0812. The quantitative estimate of drug-likeness (QED) is 0.0409. The van der Waals surface area contributed by atoms with Crippen molar-refractivity contribution in [2.75, 3.05) is 39.4 Å². The van der Waals surface area contributed by atoms with E-state index in [0.29, 0.717) is 52.9 Å². The molecule has 2 heterocycles. The second-order valence-corrected chi connectivity index (χ2v) is 16.0. The van der Waals surface area contributed by atoms with Gasteiger partial charge in [-0.2, -0.15) is 0 Å². The van der Waals surface area contributed by atoms with E-state index in [4.69, 9.17) is 21.1 Å². The number of amides is 1. The van der Waals surface area contributed by atoms with Crippen molar-refractivity contribution in [3.8, 4) is 11.5 Å². The highest BCUT2D eigenvalue weighted by Crippen LogP contribution is 2.34. The van der Waals surface area contributed by atoms with Gasteiger partial charge in [0, 0.05) is 43.2 Å². The van der Waals surface area contributed by atoms with Crippen molar-refractivity contribution < 1.29 is 34.4 Å². The number of aromatic nitrogens is 1. The molecule has 12 nitrogen and oxygen atoms in total. The fourth-order valence-electron chi connectivity index (χ4n) is 7.77. The Bertz CT molecular complexity index is 2510. The molecule has 5 aromatic carbocycles. The maximum atomic E-state index is 13.8. The van der Waals surface area contributed by atoms with E-state index in [1.807, 2.05) is 24.3 Å². The van der Waals surface area contributed by atoms with Crippen LogP contribution in [0.15, 0.2) is 132 Å². The van der Waals surface area contributed by atoms with Crippen molar-refractivity contribution in [1.82, 2.24) is 20.5 Å². The lowest BCUT2D eigenvalue weighted by atomic mass is 9.86. The number of esters is 1. The first kappa shape index (κ1) is 44.0. The van der Waals surface area contributed by atoms with Crippen LogP contribution >= 0.6 is 11.6 Å². The van der Waals surface area contributed by atoms with Gasteiger partial charge in [0.1, 0.15) is 11.5 Å². The van der Waals surface area contributed by atoms with Gasteiger partial charge in [-0.1, -0.05) is 96.5 Å². The second kappa shape index (κ2) is 20.7. The molecule has 1 aromatic heterocycles. The van der Waals surface area contributed by atoms with Crippen LogP contribution in [0.3, 0.4) is 0 Å². The summed E-state index contributed by atoms with van der Waals surface area (Å²) in [5.74, 6) is -0.510. The number of nitrogens with one attached hydrogen (secondary N) is 3. The van der Waals surface area contributed by atoms with Crippen LogP contribution in [0.5, 0.6) is 11.5 Å². The lowest BCUT2D eigenvalue weighted by Gasteiger charge is -2.33. The predicted molar refractivity (Wildman–Crippen MR) is 238 cm³/mol. The number of likely N-dealkylation sites (tertiary alicyclic amines) is 1.